The van der Waals surface area contributed by atoms with Gasteiger partial charge in [0.05, 0.1) is 4.90 Å². The molecule has 0 heterocycles. The van der Waals surface area contributed by atoms with Crippen molar-refractivity contribution in [2.45, 2.75) is 37.0 Å². The zero-order valence-electron chi connectivity index (χ0n) is 13.0. The normalized spacial score (nSPS) is 16.5. The van der Waals surface area contributed by atoms with Gasteiger partial charge >= 0.3 is 0 Å². The molecule has 116 valence electrons. The van der Waals surface area contributed by atoms with E-state index in [-0.39, 0.29) is 5.41 Å². The fourth-order valence-corrected chi connectivity index (χ4v) is 3.92. The van der Waals surface area contributed by atoms with Crippen molar-refractivity contribution in [2.75, 3.05) is 6.54 Å². The molecule has 0 unspecified atom stereocenters. The molecule has 0 aliphatic heterocycles. The van der Waals surface area contributed by atoms with Crippen molar-refractivity contribution in [3.05, 3.63) is 65.2 Å². The first-order valence-electron chi connectivity index (χ1n) is 7.55. The number of rotatable bonds is 5. The molecule has 3 rings (SSSR count). The quantitative estimate of drug-likeness (QED) is 0.920. The molecular weight excluding hydrogens is 294 g/mol. The molecule has 0 saturated heterocycles. The maximum atomic E-state index is 12.5. The van der Waals surface area contributed by atoms with E-state index < -0.39 is 10.0 Å². The van der Waals surface area contributed by atoms with Crippen LogP contribution in [0, 0.1) is 13.8 Å². The van der Waals surface area contributed by atoms with Gasteiger partial charge in [0.25, 0.3) is 0 Å². The van der Waals surface area contributed by atoms with Crippen molar-refractivity contribution in [1.82, 2.24) is 4.72 Å². The number of nitrogens with one attached hydrogen (secondary N) is 1. The third kappa shape index (κ3) is 2.94. The van der Waals surface area contributed by atoms with E-state index >= 15 is 0 Å². The lowest BCUT2D eigenvalue weighted by atomic mass is 9.96. The van der Waals surface area contributed by atoms with Crippen LogP contribution in [0.1, 0.15) is 29.5 Å². The highest BCUT2D eigenvalue weighted by Gasteiger charge is 2.44. The molecule has 1 aliphatic carbocycles. The monoisotopic (exact) mass is 315 g/mol. The number of benzene rings is 2. The van der Waals surface area contributed by atoms with Crippen molar-refractivity contribution in [2.24, 2.45) is 0 Å². The Morgan fingerprint density at radius 1 is 1.00 bits per heavy atom. The number of sulfonamides is 1. The predicted molar refractivity (Wildman–Crippen MR) is 88.5 cm³/mol. The second kappa shape index (κ2) is 5.52. The van der Waals surface area contributed by atoms with Gasteiger partial charge in [0.1, 0.15) is 0 Å². The van der Waals surface area contributed by atoms with Crippen LogP contribution in [-0.2, 0) is 15.4 Å². The molecule has 0 radical (unpaired) electrons. The lowest BCUT2D eigenvalue weighted by molar-refractivity contribution is 0.567. The third-order valence-electron chi connectivity index (χ3n) is 4.63. The van der Waals surface area contributed by atoms with E-state index in [0.29, 0.717) is 11.4 Å². The Morgan fingerprint density at radius 3 is 2.27 bits per heavy atom. The molecule has 2 aromatic rings. The van der Waals surface area contributed by atoms with E-state index in [9.17, 15) is 8.42 Å². The minimum atomic E-state index is -3.45. The molecule has 1 aliphatic rings. The third-order valence-corrected chi connectivity index (χ3v) is 6.03. The van der Waals surface area contributed by atoms with Crippen LogP contribution in [0.15, 0.2) is 53.4 Å². The Morgan fingerprint density at radius 2 is 1.68 bits per heavy atom. The summed E-state index contributed by atoms with van der Waals surface area (Å²) in [5.41, 5.74) is 3.29. The number of hydrogen-bond donors (Lipinski definition) is 1. The molecule has 0 spiro atoms. The topological polar surface area (TPSA) is 46.2 Å². The van der Waals surface area contributed by atoms with Gasteiger partial charge in [-0.2, -0.15) is 0 Å². The average molecular weight is 315 g/mol. The molecule has 1 fully saturated rings. The van der Waals surface area contributed by atoms with Gasteiger partial charge in [0, 0.05) is 12.0 Å². The van der Waals surface area contributed by atoms with Crippen LogP contribution < -0.4 is 4.72 Å². The molecule has 2 aromatic carbocycles. The van der Waals surface area contributed by atoms with Crippen molar-refractivity contribution in [3.8, 4) is 0 Å². The minimum Gasteiger partial charge on any atom is -0.210 e. The summed E-state index contributed by atoms with van der Waals surface area (Å²) in [6.07, 6.45) is 2.07. The van der Waals surface area contributed by atoms with Crippen molar-refractivity contribution in [3.63, 3.8) is 0 Å². The molecule has 4 heteroatoms. The highest BCUT2D eigenvalue weighted by Crippen LogP contribution is 2.47. The molecule has 3 nitrogen and oxygen atoms in total. The second-order valence-electron chi connectivity index (χ2n) is 6.22. The first kappa shape index (κ1) is 15.3. The van der Waals surface area contributed by atoms with Gasteiger partial charge < -0.3 is 0 Å². The van der Waals surface area contributed by atoms with Gasteiger partial charge in [-0.3, -0.25) is 0 Å². The van der Waals surface area contributed by atoms with E-state index in [1.54, 1.807) is 12.1 Å². The molecule has 1 saturated carbocycles. The van der Waals surface area contributed by atoms with Crippen molar-refractivity contribution in [1.29, 1.82) is 0 Å². The zero-order valence-corrected chi connectivity index (χ0v) is 13.8. The van der Waals surface area contributed by atoms with Crippen LogP contribution in [0.5, 0.6) is 0 Å². The Balaban J connectivity index is 1.77. The first-order chi connectivity index (χ1) is 10.4. The molecule has 0 aromatic heterocycles. The summed E-state index contributed by atoms with van der Waals surface area (Å²) in [7, 11) is -3.45. The fourth-order valence-electron chi connectivity index (χ4n) is 2.71. The van der Waals surface area contributed by atoms with Gasteiger partial charge in [-0.15, -0.1) is 0 Å². The largest absolute Gasteiger partial charge is 0.240 e. The summed E-state index contributed by atoms with van der Waals surface area (Å²) >= 11 is 0. The summed E-state index contributed by atoms with van der Waals surface area (Å²) in [6, 6.07) is 15.4. The lowest BCUT2D eigenvalue weighted by Gasteiger charge is -2.17. The molecule has 0 bridgehead atoms. The van der Waals surface area contributed by atoms with Gasteiger partial charge in [-0.1, -0.05) is 36.4 Å². The number of hydrogen-bond acceptors (Lipinski definition) is 2. The van der Waals surface area contributed by atoms with Crippen LogP contribution in [0.2, 0.25) is 0 Å². The molecule has 22 heavy (non-hydrogen) atoms. The molecule has 0 atom stereocenters. The van der Waals surface area contributed by atoms with Gasteiger partial charge in [0.2, 0.25) is 10.0 Å². The number of aryl methyl sites for hydroxylation is 2. The maximum Gasteiger partial charge on any atom is 0.240 e. The summed E-state index contributed by atoms with van der Waals surface area (Å²) in [6.45, 7) is 4.38. The van der Waals surface area contributed by atoms with Crippen LogP contribution in [-0.4, -0.2) is 15.0 Å². The standard InChI is InChI=1S/C18H21NO2S/c1-14-8-9-17(12-15(14)2)22(20,21)19-13-18(10-11-18)16-6-4-3-5-7-16/h3-9,12,19H,10-11,13H2,1-2H3. The van der Waals surface area contributed by atoms with E-state index in [4.69, 9.17) is 0 Å². The highest BCUT2D eigenvalue weighted by atomic mass is 32.2. The van der Waals surface area contributed by atoms with Crippen LogP contribution in [0.3, 0.4) is 0 Å². The summed E-state index contributed by atoms with van der Waals surface area (Å²) in [5.74, 6) is 0. The van der Waals surface area contributed by atoms with E-state index in [0.717, 1.165) is 24.0 Å². The van der Waals surface area contributed by atoms with E-state index in [1.807, 2.05) is 38.1 Å². The average Bonchev–Trinajstić information content (AvgIpc) is 3.30. The Kier molecular flexibility index (Phi) is 3.83. The Labute approximate surface area is 132 Å². The summed E-state index contributed by atoms with van der Waals surface area (Å²) < 4.78 is 27.8. The zero-order chi connectivity index (χ0) is 15.8. The smallest absolute Gasteiger partial charge is 0.210 e. The van der Waals surface area contributed by atoms with Crippen molar-refractivity contribution >= 4 is 10.0 Å². The highest BCUT2D eigenvalue weighted by molar-refractivity contribution is 7.89. The lowest BCUT2D eigenvalue weighted by Crippen LogP contribution is -2.32. The summed E-state index contributed by atoms with van der Waals surface area (Å²) in [5, 5.41) is 0. The van der Waals surface area contributed by atoms with E-state index in [2.05, 4.69) is 16.9 Å². The second-order valence-corrected chi connectivity index (χ2v) is 7.98. The van der Waals surface area contributed by atoms with Gasteiger partial charge in [-0.25, -0.2) is 13.1 Å². The van der Waals surface area contributed by atoms with Crippen LogP contribution in [0.25, 0.3) is 0 Å². The van der Waals surface area contributed by atoms with Crippen LogP contribution in [0.4, 0.5) is 0 Å². The predicted octanol–water partition coefficient (Wildman–Crippen LogP) is 3.31. The fraction of sp³-hybridized carbons (Fsp3) is 0.333. The first-order valence-corrected chi connectivity index (χ1v) is 9.04. The Bertz CT molecular complexity index is 778. The maximum absolute atomic E-state index is 12.5. The molecular formula is C18H21NO2S. The summed E-state index contributed by atoms with van der Waals surface area (Å²) in [4.78, 5) is 0.347. The van der Waals surface area contributed by atoms with E-state index in [1.165, 1.54) is 5.56 Å². The van der Waals surface area contributed by atoms with Gasteiger partial charge in [-0.05, 0) is 55.5 Å². The van der Waals surface area contributed by atoms with Crippen LogP contribution >= 0.6 is 0 Å². The van der Waals surface area contributed by atoms with Gasteiger partial charge in [0.15, 0.2) is 0 Å². The molecule has 1 N–H and O–H groups in total. The SMILES string of the molecule is Cc1ccc(S(=O)(=O)NCC2(c3ccccc3)CC2)cc1C. The Hall–Kier alpha value is -1.65. The molecule has 0 amide bonds. The van der Waals surface area contributed by atoms with Crippen molar-refractivity contribution < 1.29 is 8.42 Å². The minimum absolute atomic E-state index is 0.0198.